The topological polar surface area (TPSA) is 56.7 Å². The number of hydrogen-bond donors (Lipinski definition) is 1. The van der Waals surface area contributed by atoms with E-state index in [4.69, 9.17) is 5.73 Å². The van der Waals surface area contributed by atoms with Gasteiger partial charge in [0.1, 0.15) is 0 Å². The van der Waals surface area contributed by atoms with Gasteiger partial charge in [0.25, 0.3) is 0 Å². The van der Waals surface area contributed by atoms with Crippen molar-refractivity contribution in [2.45, 2.75) is 10.9 Å². The van der Waals surface area contributed by atoms with Gasteiger partial charge in [-0.3, -0.25) is 4.68 Å². The Morgan fingerprint density at radius 3 is 2.50 bits per heavy atom. The first-order valence-electron chi connectivity index (χ1n) is 4.96. The molecular formula is C11H14N4S. The molecule has 1 atom stereocenters. The molecule has 0 saturated heterocycles. The number of hydrogen-bond acceptors (Lipinski definition) is 4. The highest BCUT2D eigenvalue weighted by atomic mass is 32.2. The fraction of sp³-hybridized carbons (Fsp3) is 0.273. The van der Waals surface area contributed by atoms with Crippen LogP contribution in [0.15, 0.2) is 35.4 Å². The Balaban J connectivity index is 2.27. The van der Waals surface area contributed by atoms with Gasteiger partial charge in [0.15, 0.2) is 0 Å². The molecule has 2 rings (SSSR count). The largest absolute Gasteiger partial charge is 0.319 e. The third-order valence-electron chi connectivity index (χ3n) is 2.54. The lowest BCUT2D eigenvalue weighted by atomic mass is 10.1. The van der Waals surface area contributed by atoms with E-state index in [-0.39, 0.29) is 6.04 Å². The zero-order valence-electron chi connectivity index (χ0n) is 9.29. The van der Waals surface area contributed by atoms with Gasteiger partial charge in [-0.15, -0.1) is 16.9 Å². The third-order valence-corrected chi connectivity index (χ3v) is 3.29. The van der Waals surface area contributed by atoms with Crippen LogP contribution in [0.2, 0.25) is 0 Å². The van der Waals surface area contributed by atoms with Gasteiger partial charge in [0, 0.05) is 11.9 Å². The van der Waals surface area contributed by atoms with Crippen molar-refractivity contribution in [3.05, 3.63) is 41.7 Å². The standard InChI is InChI=1S/C11H14N4S/c1-15-10(7-13-14-15)11(12)8-3-5-9(16-2)6-4-8/h3-7,11H,12H2,1-2H3. The van der Waals surface area contributed by atoms with Gasteiger partial charge in [-0.05, 0) is 24.0 Å². The second-order valence-electron chi connectivity index (χ2n) is 3.53. The predicted molar refractivity (Wildman–Crippen MR) is 65.3 cm³/mol. The van der Waals surface area contributed by atoms with Gasteiger partial charge in [-0.25, -0.2) is 0 Å². The highest BCUT2D eigenvalue weighted by molar-refractivity contribution is 7.98. The minimum atomic E-state index is -0.170. The van der Waals surface area contributed by atoms with E-state index in [2.05, 4.69) is 28.7 Å². The summed E-state index contributed by atoms with van der Waals surface area (Å²) in [6.07, 6.45) is 3.76. The smallest absolute Gasteiger partial charge is 0.0796 e. The molecule has 1 aromatic carbocycles. The Labute approximate surface area is 98.8 Å². The summed E-state index contributed by atoms with van der Waals surface area (Å²) in [5.74, 6) is 0. The molecule has 0 spiro atoms. The van der Waals surface area contributed by atoms with Gasteiger partial charge in [-0.2, -0.15) is 0 Å². The Hall–Kier alpha value is -1.33. The molecule has 1 aromatic heterocycles. The van der Waals surface area contributed by atoms with E-state index in [1.54, 1.807) is 22.6 Å². The van der Waals surface area contributed by atoms with Crippen LogP contribution >= 0.6 is 11.8 Å². The summed E-state index contributed by atoms with van der Waals surface area (Å²) in [5.41, 5.74) is 8.13. The predicted octanol–water partition coefficient (Wildman–Crippen LogP) is 1.59. The molecule has 16 heavy (non-hydrogen) atoms. The Kier molecular flexibility index (Phi) is 3.26. The summed E-state index contributed by atoms with van der Waals surface area (Å²) < 4.78 is 1.70. The molecule has 0 radical (unpaired) electrons. The van der Waals surface area contributed by atoms with Crippen molar-refractivity contribution < 1.29 is 0 Å². The van der Waals surface area contributed by atoms with Crippen LogP contribution in [0.25, 0.3) is 0 Å². The van der Waals surface area contributed by atoms with E-state index in [9.17, 15) is 0 Å². The van der Waals surface area contributed by atoms with E-state index in [0.717, 1.165) is 11.3 Å². The van der Waals surface area contributed by atoms with Crippen molar-refractivity contribution in [3.63, 3.8) is 0 Å². The van der Waals surface area contributed by atoms with Crippen LogP contribution in [-0.2, 0) is 7.05 Å². The van der Waals surface area contributed by atoms with Crippen molar-refractivity contribution in [3.8, 4) is 0 Å². The summed E-state index contributed by atoms with van der Waals surface area (Å²) in [6, 6.07) is 8.07. The third kappa shape index (κ3) is 2.10. The second kappa shape index (κ2) is 4.67. The maximum absolute atomic E-state index is 6.15. The molecule has 84 valence electrons. The maximum atomic E-state index is 6.15. The molecule has 0 aliphatic carbocycles. The van der Waals surface area contributed by atoms with Crippen molar-refractivity contribution in [2.24, 2.45) is 12.8 Å². The molecule has 0 saturated carbocycles. The summed E-state index contributed by atoms with van der Waals surface area (Å²) in [5, 5.41) is 7.71. The lowest BCUT2D eigenvalue weighted by molar-refractivity contribution is 0.651. The van der Waals surface area contributed by atoms with E-state index >= 15 is 0 Å². The summed E-state index contributed by atoms with van der Waals surface area (Å²) in [4.78, 5) is 1.24. The monoisotopic (exact) mass is 234 g/mol. The van der Waals surface area contributed by atoms with Crippen LogP contribution in [0, 0.1) is 0 Å². The van der Waals surface area contributed by atoms with E-state index in [0.29, 0.717) is 0 Å². The van der Waals surface area contributed by atoms with E-state index in [1.807, 2.05) is 19.2 Å². The summed E-state index contributed by atoms with van der Waals surface area (Å²) >= 11 is 1.72. The number of nitrogens with two attached hydrogens (primary N) is 1. The highest BCUT2D eigenvalue weighted by Gasteiger charge is 2.12. The van der Waals surface area contributed by atoms with E-state index < -0.39 is 0 Å². The fourth-order valence-electron chi connectivity index (χ4n) is 1.56. The molecule has 0 fully saturated rings. The Morgan fingerprint density at radius 1 is 1.31 bits per heavy atom. The fourth-order valence-corrected chi connectivity index (χ4v) is 1.97. The lowest BCUT2D eigenvalue weighted by Gasteiger charge is -2.11. The van der Waals surface area contributed by atoms with Crippen molar-refractivity contribution in [1.29, 1.82) is 0 Å². The normalized spacial score (nSPS) is 12.7. The molecule has 0 aliphatic rings. The second-order valence-corrected chi connectivity index (χ2v) is 4.41. The first kappa shape index (κ1) is 11.2. The molecule has 4 nitrogen and oxygen atoms in total. The molecule has 2 aromatic rings. The van der Waals surface area contributed by atoms with E-state index in [1.165, 1.54) is 4.90 Å². The van der Waals surface area contributed by atoms with Gasteiger partial charge in [0.2, 0.25) is 0 Å². The van der Waals surface area contributed by atoms with Crippen LogP contribution in [0.1, 0.15) is 17.3 Å². The molecule has 5 heteroatoms. The van der Waals surface area contributed by atoms with Crippen LogP contribution in [0.5, 0.6) is 0 Å². The summed E-state index contributed by atoms with van der Waals surface area (Å²) in [6.45, 7) is 0. The van der Waals surface area contributed by atoms with Gasteiger partial charge in [-0.1, -0.05) is 17.3 Å². The van der Waals surface area contributed by atoms with Crippen molar-refractivity contribution in [1.82, 2.24) is 15.0 Å². The van der Waals surface area contributed by atoms with Gasteiger partial charge < -0.3 is 5.73 Å². The Bertz CT molecular complexity index is 463. The van der Waals surface area contributed by atoms with Gasteiger partial charge in [0.05, 0.1) is 17.9 Å². The molecule has 0 amide bonds. The molecule has 1 unspecified atom stereocenters. The minimum absolute atomic E-state index is 0.170. The zero-order valence-corrected chi connectivity index (χ0v) is 10.1. The number of nitrogens with zero attached hydrogens (tertiary/aromatic N) is 3. The van der Waals surface area contributed by atoms with Crippen LogP contribution in [0.4, 0.5) is 0 Å². The number of thioether (sulfide) groups is 1. The minimum Gasteiger partial charge on any atom is -0.319 e. The molecule has 2 N–H and O–H groups in total. The van der Waals surface area contributed by atoms with Gasteiger partial charge >= 0.3 is 0 Å². The molecule has 0 aliphatic heterocycles. The average molecular weight is 234 g/mol. The lowest BCUT2D eigenvalue weighted by Crippen LogP contribution is -2.15. The molecular weight excluding hydrogens is 220 g/mol. The quantitative estimate of drug-likeness (QED) is 0.819. The highest BCUT2D eigenvalue weighted by Crippen LogP contribution is 2.21. The van der Waals surface area contributed by atoms with Crippen molar-refractivity contribution >= 4 is 11.8 Å². The van der Waals surface area contributed by atoms with Crippen molar-refractivity contribution in [2.75, 3.05) is 6.26 Å². The molecule has 1 heterocycles. The number of aromatic nitrogens is 3. The number of rotatable bonds is 3. The molecule has 0 bridgehead atoms. The first-order chi connectivity index (χ1) is 7.72. The number of benzene rings is 1. The first-order valence-corrected chi connectivity index (χ1v) is 6.19. The van der Waals surface area contributed by atoms with Crippen LogP contribution in [-0.4, -0.2) is 21.2 Å². The zero-order chi connectivity index (χ0) is 11.5. The Morgan fingerprint density at radius 2 is 2.00 bits per heavy atom. The van der Waals surface area contributed by atoms with Crippen LogP contribution in [0.3, 0.4) is 0 Å². The number of aryl methyl sites for hydroxylation is 1. The average Bonchev–Trinajstić information content (AvgIpc) is 2.75. The summed E-state index contributed by atoms with van der Waals surface area (Å²) in [7, 11) is 1.85. The maximum Gasteiger partial charge on any atom is 0.0796 e. The van der Waals surface area contributed by atoms with Crippen LogP contribution < -0.4 is 5.73 Å². The SMILES string of the molecule is CSc1ccc(C(N)c2cnnn2C)cc1.